The van der Waals surface area contributed by atoms with Gasteiger partial charge in [-0.05, 0) is 55.4 Å². The second-order valence-electron chi connectivity index (χ2n) is 9.59. The van der Waals surface area contributed by atoms with E-state index in [2.05, 4.69) is 5.32 Å². The van der Waals surface area contributed by atoms with Gasteiger partial charge < -0.3 is 9.80 Å². The molecule has 3 amide bonds. The number of nitrogens with one attached hydrogen (secondary N) is 1. The van der Waals surface area contributed by atoms with Gasteiger partial charge >= 0.3 is 6.18 Å². The number of amides is 3. The molecule has 2 aliphatic heterocycles. The fourth-order valence-electron chi connectivity index (χ4n) is 4.77. The highest BCUT2D eigenvalue weighted by atomic mass is 35.5. The average Bonchev–Trinajstić information content (AvgIpc) is 3.12. The number of Topliss-reactive ketones (excluding diaryl/α,β-unsaturated/α-hetero) is 1. The summed E-state index contributed by atoms with van der Waals surface area (Å²) >= 11 is 6.22. The van der Waals surface area contributed by atoms with Crippen LogP contribution in [0, 0.1) is 0 Å². The van der Waals surface area contributed by atoms with Gasteiger partial charge in [-0.25, -0.2) is 0 Å². The summed E-state index contributed by atoms with van der Waals surface area (Å²) in [5.74, 6) is -4.26. The van der Waals surface area contributed by atoms with Crippen molar-refractivity contribution in [2.75, 3.05) is 14.1 Å². The first-order chi connectivity index (χ1) is 17.3. The second-order valence-corrected chi connectivity index (χ2v) is 9.99. The van der Waals surface area contributed by atoms with Gasteiger partial charge in [0.25, 0.3) is 5.91 Å². The quantitative estimate of drug-likeness (QED) is 0.426. The summed E-state index contributed by atoms with van der Waals surface area (Å²) in [5.41, 5.74) is 1.31. The number of piperidine rings is 1. The molecule has 2 aromatic rings. The Morgan fingerprint density at radius 2 is 1.89 bits per heavy atom. The minimum atomic E-state index is -4.71. The molecule has 1 fully saturated rings. The lowest BCUT2D eigenvalue weighted by Crippen LogP contribution is -2.52. The smallest absolute Gasteiger partial charge is 0.322 e. The number of carbonyl (C=O) groups is 4. The van der Waals surface area contributed by atoms with Crippen LogP contribution in [-0.2, 0) is 22.7 Å². The molecule has 1 N–H and O–H groups in total. The normalized spacial score (nSPS) is 18.7. The van der Waals surface area contributed by atoms with E-state index >= 15 is 0 Å². The average molecular weight is 536 g/mol. The zero-order valence-corrected chi connectivity index (χ0v) is 20.9. The van der Waals surface area contributed by atoms with Crippen LogP contribution in [0.2, 0.25) is 5.02 Å². The number of ketones is 1. The summed E-state index contributed by atoms with van der Waals surface area (Å²) < 4.78 is 42.1. The van der Waals surface area contributed by atoms with E-state index in [9.17, 15) is 32.3 Å². The fourth-order valence-corrected chi connectivity index (χ4v) is 5.10. The second kappa shape index (κ2) is 10.3. The van der Waals surface area contributed by atoms with Crippen LogP contribution in [0.1, 0.15) is 62.6 Å². The molecule has 0 saturated carbocycles. The summed E-state index contributed by atoms with van der Waals surface area (Å²) in [6.45, 7) is 0.517. The number of fused-ring (bicyclic) bond motifs is 1. The van der Waals surface area contributed by atoms with Gasteiger partial charge in [-0.3, -0.25) is 24.5 Å². The molecule has 2 atom stereocenters. The molecular formula is C26H25ClF3N3O4. The zero-order chi connectivity index (χ0) is 27.1. The molecule has 7 nitrogen and oxygen atoms in total. The first-order valence-electron chi connectivity index (χ1n) is 11.7. The number of nitrogens with zero attached hydrogens (tertiary/aromatic N) is 2. The van der Waals surface area contributed by atoms with Crippen LogP contribution in [-0.4, -0.2) is 59.6 Å². The van der Waals surface area contributed by atoms with Crippen LogP contribution in [0.3, 0.4) is 0 Å². The molecule has 0 aromatic heterocycles. The SMILES string of the molecule is CN(C)Cc1ccc([C@@H](CC(=O)c2ccc3c(c2)CN(C2CCC(=O)NC2=O)C3=O)C(F)(F)F)c(Cl)c1. The summed E-state index contributed by atoms with van der Waals surface area (Å²) in [4.78, 5) is 52.7. The lowest BCUT2D eigenvalue weighted by molar-refractivity contribution is -0.149. The van der Waals surface area contributed by atoms with Crippen LogP contribution in [0.25, 0.3) is 0 Å². The van der Waals surface area contributed by atoms with Crippen molar-refractivity contribution in [3.8, 4) is 0 Å². The molecule has 196 valence electrons. The number of rotatable bonds is 7. The maximum absolute atomic E-state index is 14.0. The van der Waals surface area contributed by atoms with E-state index in [4.69, 9.17) is 11.6 Å². The number of hydrogen-bond donors (Lipinski definition) is 1. The molecule has 0 radical (unpaired) electrons. The minimum absolute atomic E-state index is 0.0173. The molecule has 11 heteroatoms. The van der Waals surface area contributed by atoms with Crippen LogP contribution in [0.15, 0.2) is 36.4 Å². The molecule has 4 rings (SSSR count). The van der Waals surface area contributed by atoms with Crippen molar-refractivity contribution in [3.05, 3.63) is 69.2 Å². The van der Waals surface area contributed by atoms with Gasteiger partial charge in [0.1, 0.15) is 6.04 Å². The number of alkyl halides is 3. The van der Waals surface area contributed by atoms with Gasteiger partial charge in [0.15, 0.2) is 5.78 Å². The summed E-state index contributed by atoms with van der Waals surface area (Å²) in [6.07, 6.45) is -5.28. The number of benzene rings is 2. The van der Waals surface area contributed by atoms with Gasteiger partial charge in [0.05, 0.1) is 5.92 Å². The highest BCUT2D eigenvalue weighted by Crippen LogP contribution is 2.41. The van der Waals surface area contributed by atoms with E-state index in [0.29, 0.717) is 12.1 Å². The van der Waals surface area contributed by atoms with Crippen molar-refractivity contribution in [1.29, 1.82) is 0 Å². The van der Waals surface area contributed by atoms with Gasteiger partial charge in [0.2, 0.25) is 11.8 Å². The lowest BCUT2D eigenvalue weighted by atomic mass is 9.89. The molecule has 2 aromatic carbocycles. The Labute approximate surface area is 216 Å². The topological polar surface area (TPSA) is 86.8 Å². The molecular weight excluding hydrogens is 511 g/mol. The van der Waals surface area contributed by atoms with E-state index in [-0.39, 0.29) is 41.1 Å². The predicted molar refractivity (Wildman–Crippen MR) is 129 cm³/mol. The number of halogens is 4. The van der Waals surface area contributed by atoms with E-state index in [1.54, 1.807) is 6.07 Å². The molecule has 1 unspecified atom stereocenters. The standard InChI is InChI=1S/C26H25ClF3N3O4/c1-32(2)12-14-3-5-18(20(27)9-14)19(26(28,29)30)11-22(34)15-4-6-17-16(10-15)13-33(25(17)37)21-7-8-23(35)31-24(21)36/h3-6,9-10,19,21H,7-8,11-13H2,1-2H3,(H,31,35,36)/t19-,21?/m1/s1. The third-order valence-corrected chi connectivity index (χ3v) is 6.90. The predicted octanol–water partition coefficient (Wildman–Crippen LogP) is 4.08. The molecule has 0 bridgehead atoms. The van der Waals surface area contributed by atoms with Gasteiger partial charge in [-0.15, -0.1) is 0 Å². The molecule has 37 heavy (non-hydrogen) atoms. The highest BCUT2D eigenvalue weighted by Gasteiger charge is 2.43. The summed E-state index contributed by atoms with van der Waals surface area (Å²) in [6, 6.07) is 7.64. The van der Waals surface area contributed by atoms with Crippen molar-refractivity contribution in [3.63, 3.8) is 0 Å². The largest absolute Gasteiger partial charge is 0.396 e. The Kier molecular flexibility index (Phi) is 7.43. The van der Waals surface area contributed by atoms with E-state index in [0.717, 1.165) is 5.56 Å². The number of imide groups is 1. The third kappa shape index (κ3) is 5.70. The van der Waals surface area contributed by atoms with Gasteiger partial charge in [0, 0.05) is 42.1 Å². The Morgan fingerprint density at radius 3 is 2.51 bits per heavy atom. The fraction of sp³-hybridized carbons (Fsp3) is 0.385. The number of carbonyl (C=O) groups excluding carboxylic acids is 4. The molecule has 0 spiro atoms. The van der Waals surface area contributed by atoms with Gasteiger partial charge in [-0.2, -0.15) is 13.2 Å². The molecule has 2 heterocycles. The maximum Gasteiger partial charge on any atom is 0.396 e. The Morgan fingerprint density at radius 1 is 1.16 bits per heavy atom. The molecule has 1 saturated heterocycles. The monoisotopic (exact) mass is 535 g/mol. The highest BCUT2D eigenvalue weighted by molar-refractivity contribution is 6.31. The van der Waals surface area contributed by atoms with Gasteiger partial charge in [-0.1, -0.05) is 29.8 Å². The van der Waals surface area contributed by atoms with Crippen molar-refractivity contribution < 1.29 is 32.3 Å². The van der Waals surface area contributed by atoms with E-state index in [1.807, 2.05) is 19.0 Å². The number of hydrogen-bond acceptors (Lipinski definition) is 5. The molecule has 0 aliphatic carbocycles. The zero-order valence-electron chi connectivity index (χ0n) is 20.2. The van der Waals surface area contributed by atoms with Crippen LogP contribution in [0.5, 0.6) is 0 Å². The van der Waals surface area contributed by atoms with Crippen LogP contribution >= 0.6 is 11.6 Å². The minimum Gasteiger partial charge on any atom is -0.322 e. The summed E-state index contributed by atoms with van der Waals surface area (Å²) in [5, 5.41) is 2.14. The molecule has 2 aliphatic rings. The van der Waals surface area contributed by atoms with E-state index < -0.39 is 48.1 Å². The van der Waals surface area contributed by atoms with Crippen LogP contribution in [0.4, 0.5) is 13.2 Å². The Balaban J connectivity index is 1.54. The van der Waals surface area contributed by atoms with Crippen molar-refractivity contribution >= 4 is 35.1 Å². The maximum atomic E-state index is 14.0. The first-order valence-corrected chi connectivity index (χ1v) is 12.0. The first kappa shape index (κ1) is 26.8. The summed E-state index contributed by atoms with van der Waals surface area (Å²) in [7, 11) is 3.65. The third-order valence-electron chi connectivity index (χ3n) is 6.57. The van der Waals surface area contributed by atoms with Crippen molar-refractivity contribution in [1.82, 2.24) is 15.1 Å². The Bertz CT molecular complexity index is 1280. The van der Waals surface area contributed by atoms with Crippen molar-refractivity contribution in [2.45, 2.75) is 50.5 Å². The van der Waals surface area contributed by atoms with Crippen LogP contribution < -0.4 is 5.32 Å². The Hall–Kier alpha value is -3.24. The van der Waals surface area contributed by atoms with E-state index in [1.165, 1.54) is 35.2 Å². The lowest BCUT2D eigenvalue weighted by Gasteiger charge is -2.29. The van der Waals surface area contributed by atoms with Crippen molar-refractivity contribution in [2.24, 2.45) is 0 Å².